The number of carbonyl (C=O) groups excluding carboxylic acids is 1. The van der Waals surface area contributed by atoms with Gasteiger partial charge in [-0.2, -0.15) is 10.5 Å². The first kappa shape index (κ1) is 28.6. The van der Waals surface area contributed by atoms with Gasteiger partial charge in [0.2, 0.25) is 0 Å². The van der Waals surface area contributed by atoms with E-state index in [-0.39, 0.29) is 12.2 Å². The predicted octanol–water partition coefficient (Wildman–Crippen LogP) is 8.30. The lowest BCUT2D eigenvalue weighted by Crippen LogP contribution is -2.55. The van der Waals surface area contributed by atoms with Crippen molar-refractivity contribution in [2.75, 3.05) is 0 Å². The lowest BCUT2D eigenvalue weighted by molar-refractivity contribution is -0.0783. The number of ketones is 1. The van der Waals surface area contributed by atoms with E-state index in [1.165, 1.54) is 0 Å². The average Bonchev–Trinajstić information content (AvgIpc) is 2.98. The molecule has 1 aliphatic rings. The van der Waals surface area contributed by atoms with Crippen LogP contribution in [0.1, 0.15) is 56.4 Å². The van der Waals surface area contributed by atoms with Crippen molar-refractivity contribution >= 4 is 29.0 Å². The molecule has 0 saturated heterocycles. The minimum Gasteiger partial charge on any atom is -0.384 e. The van der Waals surface area contributed by atoms with Crippen LogP contribution in [0.5, 0.6) is 0 Å². The first-order chi connectivity index (χ1) is 19.6. The van der Waals surface area contributed by atoms with Crippen LogP contribution in [0, 0.1) is 47.8 Å². The largest absolute Gasteiger partial charge is 0.384 e. The van der Waals surface area contributed by atoms with E-state index in [0.717, 1.165) is 11.1 Å². The molecular formula is C35H28Cl2N2O2. The quantitative estimate of drug-likeness (QED) is 0.241. The Morgan fingerprint density at radius 2 is 1.22 bits per heavy atom. The van der Waals surface area contributed by atoms with E-state index in [9.17, 15) is 20.4 Å². The van der Waals surface area contributed by atoms with Crippen LogP contribution in [0.15, 0.2) is 97.1 Å². The molecule has 0 radical (unpaired) electrons. The maximum Gasteiger partial charge on any atom is 0.169 e. The summed E-state index contributed by atoms with van der Waals surface area (Å²) in [7, 11) is 0. The van der Waals surface area contributed by atoms with Crippen LogP contribution >= 0.6 is 23.2 Å². The Morgan fingerprint density at radius 3 is 1.73 bits per heavy atom. The SMILES string of the molecule is Cc1ccc(C(=O)[C@@H]2[C@H](c3ccc(C)cc3)C(C#N)(C#N)[C@@H](c3ccc(Cl)cc3)C[C@]2(O)c2ccc(Cl)cc2)cc1. The predicted molar refractivity (Wildman–Crippen MR) is 161 cm³/mol. The molecule has 0 spiro atoms. The van der Waals surface area contributed by atoms with Gasteiger partial charge in [0.05, 0.1) is 18.1 Å². The van der Waals surface area contributed by atoms with Crippen molar-refractivity contribution in [2.24, 2.45) is 11.3 Å². The summed E-state index contributed by atoms with van der Waals surface area (Å²) in [5.41, 5.74) is 0.759. The first-order valence-corrected chi connectivity index (χ1v) is 14.1. The van der Waals surface area contributed by atoms with Gasteiger partial charge >= 0.3 is 0 Å². The highest BCUT2D eigenvalue weighted by Crippen LogP contribution is 2.63. The number of aliphatic hydroxyl groups is 1. The van der Waals surface area contributed by atoms with Gasteiger partial charge in [0.15, 0.2) is 11.2 Å². The van der Waals surface area contributed by atoms with Crippen molar-refractivity contribution in [1.82, 2.24) is 0 Å². The molecule has 0 aromatic heterocycles. The van der Waals surface area contributed by atoms with E-state index in [1.54, 1.807) is 60.7 Å². The second-order valence-corrected chi connectivity index (χ2v) is 11.8. The van der Waals surface area contributed by atoms with Crippen molar-refractivity contribution < 1.29 is 9.90 Å². The summed E-state index contributed by atoms with van der Waals surface area (Å²) < 4.78 is 0. The average molecular weight is 580 g/mol. The van der Waals surface area contributed by atoms with E-state index >= 15 is 0 Å². The number of halogens is 2. The fourth-order valence-electron chi connectivity index (χ4n) is 6.28. The molecule has 1 saturated carbocycles. The zero-order valence-corrected chi connectivity index (χ0v) is 24.2. The van der Waals surface area contributed by atoms with E-state index in [2.05, 4.69) is 12.1 Å². The zero-order chi connectivity index (χ0) is 29.4. The Morgan fingerprint density at radius 1 is 0.756 bits per heavy atom. The van der Waals surface area contributed by atoms with Crippen LogP contribution in [0.3, 0.4) is 0 Å². The van der Waals surface area contributed by atoms with E-state index in [1.807, 2.05) is 50.2 Å². The highest BCUT2D eigenvalue weighted by atomic mass is 35.5. The first-order valence-electron chi connectivity index (χ1n) is 13.4. The molecular weight excluding hydrogens is 551 g/mol. The fourth-order valence-corrected chi connectivity index (χ4v) is 6.53. The molecule has 1 fully saturated rings. The molecule has 204 valence electrons. The van der Waals surface area contributed by atoms with Crippen LogP contribution < -0.4 is 0 Å². The third-order valence-corrected chi connectivity index (χ3v) is 8.95. The van der Waals surface area contributed by atoms with Crippen LogP contribution in [-0.4, -0.2) is 10.9 Å². The number of hydrogen-bond acceptors (Lipinski definition) is 4. The molecule has 0 heterocycles. The Labute approximate surface area is 250 Å². The number of nitriles is 2. The molecule has 0 unspecified atom stereocenters. The van der Waals surface area contributed by atoms with Crippen molar-refractivity contribution in [1.29, 1.82) is 10.5 Å². The minimum atomic E-state index is -1.75. The van der Waals surface area contributed by atoms with Crippen LogP contribution in [0.25, 0.3) is 0 Å². The van der Waals surface area contributed by atoms with Gasteiger partial charge in [-0.05, 0) is 61.2 Å². The Kier molecular flexibility index (Phi) is 7.78. The number of benzene rings is 4. The number of Topliss-reactive ketones (excluding diaryl/α,β-unsaturated/α-hetero) is 1. The van der Waals surface area contributed by atoms with Crippen LogP contribution in [0.4, 0.5) is 0 Å². The Hall–Kier alpha value is -3.93. The van der Waals surface area contributed by atoms with Crippen molar-refractivity contribution in [3.8, 4) is 12.1 Å². The highest BCUT2D eigenvalue weighted by Gasteiger charge is 2.64. The molecule has 1 N–H and O–H groups in total. The summed E-state index contributed by atoms with van der Waals surface area (Å²) >= 11 is 12.4. The van der Waals surface area contributed by atoms with E-state index < -0.39 is 28.8 Å². The summed E-state index contributed by atoms with van der Waals surface area (Å²) in [6.07, 6.45) is -0.0397. The number of hydrogen-bond donors (Lipinski definition) is 1. The second-order valence-electron chi connectivity index (χ2n) is 10.9. The number of aryl methyl sites for hydroxylation is 2. The highest BCUT2D eigenvalue weighted by molar-refractivity contribution is 6.30. The third-order valence-electron chi connectivity index (χ3n) is 8.44. The third kappa shape index (κ3) is 5.05. The lowest BCUT2D eigenvalue weighted by atomic mass is 9.48. The molecule has 4 aromatic carbocycles. The summed E-state index contributed by atoms with van der Waals surface area (Å²) in [5.74, 6) is -3.21. The van der Waals surface area contributed by atoms with E-state index in [0.29, 0.717) is 32.3 Å². The normalized spacial score (nSPS) is 23.2. The van der Waals surface area contributed by atoms with Gasteiger partial charge < -0.3 is 5.11 Å². The molecule has 41 heavy (non-hydrogen) atoms. The minimum absolute atomic E-state index is 0.0397. The van der Waals surface area contributed by atoms with Crippen molar-refractivity contribution in [3.05, 3.63) is 140 Å². The van der Waals surface area contributed by atoms with Gasteiger partial charge in [0.25, 0.3) is 0 Å². The molecule has 1 aliphatic carbocycles. The van der Waals surface area contributed by atoms with Crippen molar-refractivity contribution in [3.63, 3.8) is 0 Å². The fraction of sp³-hybridized carbons (Fsp3) is 0.229. The van der Waals surface area contributed by atoms with E-state index in [4.69, 9.17) is 23.2 Å². The Bertz CT molecular complexity index is 1640. The standard InChI is InChI=1S/C35H28Cl2N2O2/c1-22-3-7-25(8-4-22)31-32(33(40)26-9-5-23(2)6-10-26)35(41,27-13-17-29(37)18-14-27)19-30(34(31,20-38)21-39)24-11-15-28(36)16-12-24/h3-18,30-32,41H,19H2,1-2H3/t30-,31+,32+,35+/m1/s1. The zero-order valence-electron chi connectivity index (χ0n) is 22.7. The molecule has 4 aromatic rings. The summed E-state index contributed by atoms with van der Waals surface area (Å²) in [6, 6.07) is 33.2. The molecule has 0 bridgehead atoms. The molecule has 4 atom stereocenters. The molecule has 6 heteroatoms. The van der Waals surface area contributed by atoms with Gasteiger partial charge in [0, 0.05) is 27.4 Å². The lowest BCUT2D eigenvalue weighted by Gasteiger charge is -2.53. The maximum absolute atomic E-state index is 14.6. The topological polar surface area (TPSA) is 84.9 Å². The van der Waals surface area contributed by atoms with Crippen LogP contribution in [-0.2, 0) is 5.60 Å². The molecule has 5 rings (SSSR count). The molecule has 0 aliphatic heterocycles. The summed E-state index contributed by atoms with van der Waals surface area (Å²) in [5, 5.41) is 35.6. The van der Waals surface area contributed by atoms with Gasteiger partial charge in [0.1, 0.15) is 5.60 Å². The summed E-state index contributed by atoms with van der Waals surface area (Å²) in [6.45, 7) is 3.88. The van der Waals surface area contributed by atoms with Gasteiger partial charge in [-0.1, -0.05) is 107 Å². The molecule has 4 nitrogen and oxygen atoms in total. The van der Waals surface area contributed by atoms with Gasteiger partial charge in [-0.3, -0.25) is 4.79 Å². The smallest absolute Gasteiger partial charge is 0.169 e. The van der Waals surface area contributed by atoms with Gasteiger partial charge in [-0.15, -0.1) is 0 Å². The maximum atomic E-state index is 14.6. The second kappa shape index (κ2) is 11.2. The summed E-state index contributed by atoms with van der Waals surface area (Å²) in [4.78, 5) is 14.6. The van der Waals surface area contributed by atoms with Crippen molar-refractivity contribution in [2.45, 2.75) is 37.7 Å². The monoisotopic (exact) mass is 578 g/mol. The number of rotatable bonds is 5. The van der Waals surface area contributed by atoms with Gasteiger partial charge in [-0.25, -0.2) is 0 Å². The van der Waals surface area contributed by atoms with Crippen LogP contribution in [0.2, 0.25) is 10.0 Å². The number of nitrogens with zero attached hydrogens (tertiary/aromatic N) is 2. The number of carbonyl (C=O) groups is 1. The molecule has 0 amide bonds. The Balaban J connectivity index is 1.85.